The van der Waals surface area contributed by atoms with Crippen molar-refractivity contribution in [2.24, 2.45) is 0 Å². The van der Waals surface area contributed by atoms with Gasteiger partial charge in [0.1, 0.15) is 5.82 Å². The fraction of sp³-hybridized carbons (Fsp3) is 0.538. The summed E-state index contributed by atoms with van der Waals surface area (Å²) in [4.78, 5) is 2.18. The van der Waals surface area contributed by atoms with Gasteiger partial charge in [-0.3, -0.25) is 9.11 Å². The zero-order valence-corrected chi connectivity index (χ0v) is 10.9. The van der Waals surface area contributed by atoms with E-state index in [1.165, 1.54) is 6.07 Å². The molecule has 0 aliphatic carbocycles. The average Bonchev–Trinajstić information content (AvgIpc) is 2.33. The van der Waals surface area contributed by atoms with Crippen LogP contribution < -0.4 is 0 Å². The Morgan fingerprint density at radius 3 is 2.65 bits per heavy atom. The van der Waals surface area contributed by atoms with Gasteiger partial charge in [0.2, 0.25) is 0 Å². The first kappa shape index (κ1) is 12.7. The molecule has 1 aromatic rings. The van der Waals surface area contributed by atoms with Gasteiger partial charge in [0.15, 0.2) is 0 Å². The van der Waals surface area contributed by atoms with Gasteiger partial charge in [-0.15, -0.1) is 0 Å². The molecule has 1 aromatic carbocycles. The molecule has 2 nitrogen and oxygen atoms in total. The summed E-state index contributed by atoms with van der Waals surface area (Å²) in [5.41, 5.74) is 0.738. The Hall–Kier alpha value is -0.740. The first-order chi connectivity index (χ1) is 8.16. The van der Waals surface area contributed by atoms with E-state index in [1.54, 1.807) is 6.07 Å². The lowest BCUT2D eigenvalue weighted by Gasteiger charge is -2.30. The number of nitrogens with zero attached hydrogens (tertiary/aromatic N) is 1. The average molecular weight is 255 g/mol. The Morgan fingerprint density at radius 1 is 1.35 bits per heavy atom. The molecule has 17 heavy (non-hydrogen) atoms. The van der Waals surface area contributed by atoms with Gasteiger partial charge >= 0.3 is 0 Å². The van der Waals surface area contributed by atoms with Crippen LogP contribution in [0.2, 0.25) is 0 Å². The molecule has 0 bridgehead atoms. The number of benzene rings is 1. The fourth-order valence-corrected chi connectivity index (χ4v) is 3.52. The molecule has 0 spiro atoms. The van der Waals surface area contributed by atoms with Gasteiger partial charge in [0, 0.05) is 40.5 Å². The molecule has 0 saturated carbocycles. The second-order valence-corrected chi connectivity index (χ2v) is 6.28. The summed E-state index contributed by atoms with van der Waals surface area (Å²) in [5, 5.41) is 0. The van der Waals surface area contributed by atoms with E-state index in [9.17, 15) is 8.60 Å². The maximum absolute atomic E-state index is 13.5. The SMILES string of the molecule is CN(Cc1ccccc1F)C1CCS(=O)CC1. The molecule has 4 heteroatoms. The highest BCUT2D eigenvalue weighted by atomic mass is 32.2. The van der Waals surface area contributed by atoms with E-state index in [0.717, 1.165) is 29.9 Å². The van der Waals surface area contributed by atoms with Gasteiger partial charge in [-0.1, -0.05) is 18.2 Å². The molecule has 0 atom stereocenters. The van der Waals surface area contributed by atoms with Crippen LogP contribution >= 0.6 is 0 Å². The highest BCUT2D eigenvalue weighted by Gasteiger charge is 2.21. The van der Waals surface area contributed by atoms with Crippen molar-refractivity contribution in [1.82, 2.24) is 4.90 Å². The predicted molar refractivity (Wildman–Crippen MR) is 68.8 cm³/mol. The summed E-state index contributed by atoms with van der Waals surface area (Å²) >= 11 is 0. The summed E-state index contributed by atoms with van der Waals surface area (Å²) < 4.78 is 24.8. The van der Waals surface area contributed by atoms with Gasteiger partial charge in [-0.2, -0.15) is 0 Å². The van der Waals surface area contributed by atoms with Crippen LogP contribution in [0.4, 0.5) is 4.39 Å². The molecule has 2 rings (SSSR count). The van der Waals surface area contributed by atoms with E-state index in [-0.39, 0.29) is 5.82 Å². The van der Waals surface area contributed by atoms with Crippen LogP contribution in [0, 0.1) is 5.82 Å². The van der Waals surface area contributed by atoms with Crippen LogP contribution in [0.15, 0.2) is 24.3 Å². The monoisotopic (exact) mass is 255 g/mol. The Labute approximate surface area is 104 Å². The molecule has 1 aliphatic rings. The van der Waals surface area contributed by atoms with Gasteiger partial charge in [-0.25, -0.2) is 4.39 Å². The smallest absolute Gasteiger partial charge is 0.127 e. The zero-order valence-electron chi connectivity index (χ0n) is 10.1. The third-order valence-corrected chi connectivity index (χ3v) is 4.74. The minimum Gasteiger partial charge on any atom is -0.299 e. The zero-order chi connectivity index (χ0) is 12.3. The predicted octanol–water partition coefficient (Wildman–Crippen LogP) is 2.17. The summed E-state index contributed by atoms with van der Waals surface area (Å²) in [6.45, 7) is 0.629. The molecular formula is C13H18FNOS. The van der Waals surface area contributed by atoms with Gasteiger partial charge in [0.05, 0.1) is 0 Å². The minimum atomic E-state index is -0.629. The molecule has 0 N–H and O–H groups in total. The maximum Gasteiger partial charge on any atom is 0.127 e. The molecule has 1 heterocycles. The van der Waals surface area contributed by atoms with Gasteiger partial charge in [0.25, 0.3) is 0 Å². The minimum absolute atomic E-state index is 0.140. The van der Waals surface area contributed by atoms with Crippen molar-refractivity contribution in [1.29, 1.82) is 0 Å². The lowest BCUT2D eigenvalue weighted by Crippen LogP contribution is -2.37. The molecule has 1 aliphatic heterocycles. The van der Waals surface area contributed by atoms with Crippen LogP contribution in [0.3, 0.4) is 0 Å². The Kier molecular flexibility index (Phi) is 4.29. The van der Waals surface area contributed by atoms with Crippen LogP contribution in [0.5, 0.6) is 0 Å². The Morgan fingerprint density at radius 2 is 2.00 bits per heavy atom. The molecular weight excluding hydrogens is 237 g/mol. The third kappa shape index (κ3) is 3.36. The molecule has 0 unspecified atom stereocenters. The number of hydrogen-bond donors (Lipinski definition) is 0. The summed E-state index contributed by atoms with van der Waals surface area (Å²) in [7, 11) is 1.39. The Bertz CT molecular complexity index is 400. The highest BCUT2D eigenvalue weighted by Crippen LogP contribution is 2.18. The normalized spacial score (nSPS) is 25.1. The standard InChI is InChI=1S/C13H18FNOS/c1-15(12-6-8-17(16)9-7-12)10-11-4-2-3-5-13(11)14/h2-5,12H,6-10H2,1H3. The van der Waals surface area contributed by atoms with Gasteiger partial charge in [-0.05, 0) is 26.0 Å². The van der Waals surface area contributed by atoms with Crippen molar-refractivity contribution < 1.29 is 8.60 Å². The van der Waals surface area contributed by atoms with Crippen molar-refractivity contribution in [3.8, 4) is 0 Å². The van der Waals surface area contributed by atoms with E-state index >= 15 is 0 Å². The van der Waals surface area contributed by atoms with Crippen molar-refractivity contribution >= 4 is 10.8 Å². The van der Waals surface area contributed by atoms with Crippen molar-refractivity contribution in [2.75, 3.05) is 18.6 Å². The Balaban J connectivity index is 1.95. The fourth-order valence-electron chi connectivity index (χ4n) is 2.25. The molecule has 0 radical (unpaired) electrons. The quantitative estimate of drug-likeness (QED) is 0.825. The topological polar surface area (TPSA) is 20.3 Å². The van der Waals surface area contributed by atoms with Crippen LogP contribution in [-0.2, 0) is 17.3 Å². The van der Waals surface area contributed by atoms with Crippen LogP contribution in [-0.4, -0.2) is 33.7 Å². The lowest BCUT2D eigenvalue weighted by atomic mass is 10.1. The van der Waals surface area contributed by atoms with E-state index in [1.807, 2.05) is 19.2 Å². The second kappa shape index (κ2) is 5.74. The third-order valence-electron chi connectivity index (χ3n) is 3.36. The summed E-state index contributed by atoms with van der Waals surface area (Å²) in [6, 6.07) is 7.34. The van der Waals surface area contributed by atoms with Crippen molar-refractivity contribution in [2.45, 2.75) is 25.4 Å². The van der Waals surface area contributed by atoms with E-state index in [2.05, 4.69) is 4.90 Å². The highest BCUT2D eigenvalue weighted by molar-refractivity contribution is 7.85. The molecule has 1 fully saturated rings. The molecule has 0 aromatic heterocycles. The van der Waals surface area contributed by atoms with Crippen molar-refractivity contribution in [3.05, 3.63) is 35.6 Å². The van der Waals surface area contributed by atoms with Crippen LogP contribution in [0.1, 0.15) is 18.4 Å². The molecule has 1 saturated heterocycles. The van der Waals surface area contributed by atoms with Gasteiger partial charge < -0.3 is 0 Å². The number of hydrogen-bond acceptors (Lipinski definition) is 2. The maximum atomic E-state index is 13.5. The number of rotatable bonds is 3. The second-order valence-electron chi connectivity index (χ2n) is 4.59. The molecule has 0 amide bonds. The van der Waals surface area contributed by atoms with E-state index in [4.69, 9.17) is 0 Å². The largest absolute Gasteiger partial charge is 0.299 e. The summed E-state index contributed by atoms with van der Waals surface area (Å²) in [5.74, 6) is 1.43. The van der Waals surface area contributed by atoms with Crippen LogP contribution in [0.25, 0.3) is 0 Å². The first-order valence-electron chi connectivity index (χ1n) is 5.95. The summed E-state index contributed by atoms with van der Waals surface area (Å²) in [6.07, 6.45) is 1.91. The first-order valence-corrected chi connectivity index (χ1v) is 7.44. The number of halogens is 1. The van der Waals surface area contributed by atoms with Crippen molar-refractivity contribution in [3.63, 3.8) is 0 Å². The molecule has 94 valence electrons. The van der Waals surface area contributed by atoms with E-state index < -0.39 is 10.8 Å². The lowest BCUT2D eigenvalue weighted by molar-refractivity contribution is 0.217. The van der Waals surface area contributed by atoms with E-state index in [0.29, 0.717) is 12.6 Å².